The van der Waals surface area contributed by atoms with Crippen LogP contribution in [0.5, 0.6) is 0 Å². The molecule has 0 bridgehead atoms. The minimum atomic E-state index is -4.51. The minimum absolute atomic E-state index is 0.102. The molecule has 0 saturated carbocycles. The predicted octanol–water partition coefficient (Wildman–Crippen LogP) is 4.60. The van der Waals surface area contributed by atoms with Crippen LogP contribution in [0.2, 0.25) is 0 Å². The number of nitrogens with zero attached hydrogens (tertiary/aromatic N) is 3. The third-order valence-electron chi connectivity index (χ3n) is 5.83. The van der Waals surface area contributed by atoms with E-state index in [1.807, 2.05) is 0 Å². The van der Waals surface area contributed by atoms with Crippen LogP contribution in [0.25, 0.3) is 11.3 Å². The van der Waals surface area contributed by atoms with Crippen LogP contribution in [0.15, 0.2) is 65.8 Å². The number of sulfonamides is 1. The summed E-state index contributed by atoms with van der Waals surface area (Å²) in [6.45, 7) is -0.483. The number of pyridine rings is 2. The van der Waals surface area contributed by atoms with Gasteiger partial charge in [-0.3, -0.25) is 14.8 Å². The number of carbonyl (C=O) groups is 1. The van der Waals surface area contributed by atoms with Crippen LogP contribution in [0, 0.1) is 5.82 Å². The Labute approximate surface area is 203 Å². The van der Waals surface area contributed by atoms with Crippen molar-refractivity contribution in [2.45, 2.75) is 42.5 Å². The number of aromatic nitrogens is 2. The van der Waals surface area contributed by atoms with E-state index in [0.717, 1.165) is 40.8 Å². The van der Waals surface area contributed by atoms with E-state index in [4.69, 9.17) is 0 Å². The Balaban J connectivity index is 1.46. The molecule has 2 aromatic heterocycles. The van der Waals surface area contributed by atoms with Gasteiger partial charge in [-0.2, -0.15) is 17.5 Å². The number of ketones is 1. The molecule has 3 heterocycles. The topological polar surface area (TPSA) is 80.2 Å². The number of aryl methyl sites for hydroxylation is 1. The molecule has 1 aliphatic heterocycles. The molecule has 36 heavy (non-hydrogen) atoms. The van der Waals surface area contributed by atoms with E-state index in [0.29, 0.717) is 11.3 Å². The van der Waals surface area contributed by atoms with Crippen molar-refractivity contribution in [3.05, 3.63) is 78.0 Å². The zero-order valence-electron chi connectivity index (χ0n) is 18.6. The molecule has 0 aliphatic carbocycles. The number of alkyl halides is 4. The second kappa shape index (κ2) is 10.0. The Morgan fingerprint density at radius 1 is 1.06 bits per heavy atom. The van der Waals surface area contributed by atoms with Gasteiger partial charge in [0.25, 0.3) is 0 Å². The molecule has 2 atom stereocenters. The number of hydrogen-bond acceptors (Lipinski definition) is 5. The largest absolute Gasteiger partial charge is 0.417 e. The standard InChI is InChI=1S/C24H20F5N3O3S/c25-17-2-5-20(6-3-17)36(34,35)32-14-18(26)12-22(32)23(33)8-4-19-11-15(9-10-30-19)21-7-1-16(13-31-21)24(27,28)29/h1-3,5-7,9-11,13,18,22H,4,8,12,14H2/t18-,22+/m1/s1. The van der Waals surface area contributed by atoms with Gasteiger partial charge in [-0.15, -0.1) is 0 Å². The van der Waals surface area contributed by atoms with Gasteiger partial charge in [0.1, 0.15) is 12.0 Å². The fraction of sp³-hybridized carbons (Fsp3) is 0.292. The molecule has 1 aliphatic rings. The van der Waals surface area contributed by atoms with Gasteiger partial charge in [0.2, 0.25) is 10.0 Å². The molecule has 4 rings (SSSR count). The van der Waals surface area contributed by atoms with E-state index < -0.39 is 52.1 Å². The zero-order valence-corrected chi connectivity index (χ0v) is 19.4. The first-order valence-corrected chi connectivity index (χ1v) is 12.3. The second-order valence-corrected chi connectivity index (χ2v) is 10.2. The van der Waals surface area contributed by atoms with Crippen molar-refractivity contribution in [3.8, 4) is 11.3 Å². The molecule has 1 fully saturated rings. The third kappa shape index (κ3) is 5.59. The summed E-state index contributed by atoms with van der Waals surface area (Å²) in [6.07, 6.45) is -4.21. The Morgan fingerprint density at radius 2 is 1.78 bits per heavy atom. The summed E-state index contributed by atoms with van der Waals surface area (Å²) in [4.78, 5) is 20.7. The predicted molar refractivity (Wildman–Crippen MR) is 119 cm³/mol. The maximum absolute atomic E-state index is 14.2. The molecule has 0 radical (unpaired) electrons. The first kappa shape index (κ1) is 25.8. The molecule has 12 heteroatoms. The lowest BCUT2D eigenvalue weighted by molar-refractivity contribution is -0.137. The highest BCUT2D eigenvalue weighted by molar-refractivity contribution is 7.89. The lowest BCUT2D eigenvalue weighted by atomic mass is 10.0. The van der Waals surface area contributed by atoms with Gasteiger partial charge in [-0.05, 0) is 55.0 Å². The van der Waals surface area contributed by atoms with Crippen molar-refractivity contribution >= 4 is 15.8 Å². The average Bonchev–Trinajstić information content (AvgIpc) is 3.25. The Bertz CT molecular complexity index is 1350. The molecule has 3 aromatic rings. The summed E-state index contributed by atoms with van der Waals surface area (Å²) in [5.74, 6) is -1.13. The normalized spacial score (nSPS) is 18.9. The van der Waals surface area contributed by atoms with Gasteiger partial charge in [-0.25, -0.2) is 17.2 Å². The van der Waals surface area contributed by atoms with Gasteiger partial charge in [-0.1, -0.05) is 0 Å². The van der Waals surface area contributed by atoms with E-state index in [2.05, 4.69) is 9.97 Å². The molecule has 6 nitrogen and oxygen atoms in total. The van der Waals surface area contributed by atoms with Crippen LogP contribution in [0.3, 0.4) is 0 Å². The van der Waals surface area contributed by atoms with Crippen molar-refractivity contribution in [2.24, 2.45) is 0 Å². The first-order chi connectivity index (χ1) is 16.9. The van der Waals surface area contributed by atoms with Crippen molar-refractivity contribution < 1.29 is 35.2 Å². The van der Waals surface area contributed by atoms with Crippen LogP contribution >= 0.6 is 0 Å². The Kier molecular flexibility index (Phi) is 7.19. The van der Waals surface area contributed by atoms with Crippen LogP contribution in [0.4, 0.5) is 22.0 Å². The van der Waals surface area contributed by atoms with Crippen molar-refractivity contribution in [1.82, 2.24) is 14.3 Å². The van der Waals surface area contributed by atoms with E-state index >= 15 is 0 Å². The fourth-order valence-electron chi connectivity index (χ4n) is 3.98. The maximum atomic E-state index is 14.2. The molecule has 0 unspecified atom stereocenters. The number of halogens is 5. The van der Waals surface area contributed by atoms with Crippen molar-refractivity contribution in [2.75, 3.05) is 6.54 Å². The van der Waals surface area contributed by atoms with Gasteiger partial charge in [0.15, 0.2) is 5.78 Å². The fourth-order valence-corrected chi connectivity index (χ4v) is 5.63. The van der Waals surface area contributed by atoms with E-state index in [1.54, 1.807) is 12.1 Å². The lowest BCUT2D eigenvalue weighted by Crippen LogP contribution is -2.40. The molecular weight excluding hydrogens is 505 g/mol. The van der Waals surface area contributed by atoms with Gasteiger partial charge < -0.3 is 0 Å². The quantitative estimate of drug-likeness (QED) is 0.421. The summed E-state index contributed by atoms with van der Waals surface area (Å²) < 4.78 is 92.4. The zero-order chi connectivity index (χ0) is 26.1. The van der Waals surface area contributed by atoms with Gasteiger partial charge in [0, 0.05) is 43.0 Å². The van der Waals surface area contributed by atoms with E-state index in [1.165, 1.54) is 12.3 Å². The van der Waals surface area contributed by atoms with Gasteiger partial charge >= 0.3 is 6.18 Å². The highest BCUT2D eigenvalue weighted by Crippen LogP contribution is 2.31. The third-order valence-corrected chi connectivity index (χ3v) is 7.72. The monoisotopic (exact) mass is 525 g/mol. The molecule has 0 amide bonds. The number of carbonyl (C=O) groups excluding carboxylic acids is 1. The number of rotatable bonds is 7. The lowest BCUT2D eigenvalue weighted by Gasteiger charge is -2.22. The molecule has 1 aromatic carbocycles. The summed E-state index contributed by atoms with van der Waals surface area (Å²) in [6, 6.07) is 8.11. The Hall–Kier alpha value is -3.25. The highest BCUT2D eigenvalue weighted by atomic mass is 32.2. The molecule has 1 saturated heterocycles. The average molecular weight is 525 g/mol. The summed E-state index contributed by atoms with van der Waals surface area (Å²) in [7, 11) is -4.22. The minimum Gasteiger partial charge on any atom is -0.298 e. The summed E-state index contributed by atoms with van der Waals surface area (Å²) in [5.41, 5.74) is 0.330. The maximum Gasteiger partial charge on any atom is 0.417 e. The Morgan fingerprint density at radius 3 is 2.42 bits per heavy atom. The van der Waals surface area contributed by atoms with Crippen LogP contribution in [-0.4, -0.2) is 47.2 Å². The highest BCUT2D eigenvalue weighted by Gasteiger charge is 2.43. The molecule has 0 spiro atoms. The summed E-state index contributed by atoms with van der Waals surface area (Å²) in [5, 5.41) is 0. The SMILES string of the molecule is O=C(CCc1cc(-c2ccc(C(F)(F)F)cn2)ccn1)[C@@H]1C[C@@H](F)CN1S(=O)(=O)c1ccc(F)cc1. The van der Waals surface area contributed by atoms with Crippen LogP contribution in [0.1, 0.15) is 24.1 Å². The van der Waals surface area contributed by atoms with Crippen LogP contribution < -0.4 is 0 Å². The van der Waals surface area contributed by atoms with E-state index in [-0.39, 0.29) is 29.9 Å². The molecule has 190 valence electrons. The first-order valence-electron chi connectivity index (χ1n) is 10.9. The molecule has 0 N–H and O–H groups in total. The van der Waals surface area contributed by atoms with Crippen molar-refractivity contribution in [1.29, 1.82) is 0 Å². The van der Waals surface area contributed by atoms with Crippen LogP contribution in [-0.2, 0) is 27.4 Å². The van der Waals surface area contributed by atoms with E-state index in [9.17, 15) is 35.2 Å². The second-order valence-electron chi connectivity index (χ2n) is 8.31. The summed E-state index contributed by atoms with van der Waals surface area (Å²) >= 11 is 0. The number of hydrogen-bond donors (Lipinski definition) is 0. The van der Waals surface area contributed by atoms with Crippen molar-refractivity contribution in [3.63, 3.8) is 0 Å². The van der Waals surface area contributed by atoms with Gasteiger partial charge in [0.05, 0.1) is 22.2 Å². The molecular formula is C24H20F5N3O3S. The smallest absolute Gasteiger partial charge is 0.298 e. The number of benzene rings is 1. The number of Topliss-reactive ketones (excluding diaryl/α,β-unsaturated/α-hetero) is 1.